The molecule has 0 aromatic rings. The summed E-state index contributed by atoms with van der Waals surface area (Å²) in [5, 5.41) is 0. The van der Waals surface area contributed by atoms with Gasteiger partial charge in [-0.25, -0.2) is 8.42 Å². The molecule has 85 valence electrons. The van der Waals surface area contributed by atoms with E-state index in [4.69, 9.17) is 35.0 Å². The summed E-state index contributed by atoms with van der Waals surface area (Å²) in [7, 11) is -9.58. The third kappa shape index (κ3) is 12000000. The van der Waals surface area contributed by atoms with Crippen molar-refractivity contribution < 1.29 is 35.0 Å². The van der Waals surface area contributed by atoms with Crippen molar-refractivity contribution in [1.29, 1.82) is 0 Å². The van der Waals surface area contributed by atoms with Crippen LogP contribution in [0.5, 0.6) is 0 Å². The topological polar surface area (TPSA) is 222 Å². The van der Waals surface area contributed by atoms with E-state index in [1.807, 2.05) is 0 Å². The lowest BCUT2D eigenvalue weighted by Gasteiger charge is -1.88. The maximum atomic E-state index is 8.74. The van der Waals surface area contributed by atoms with Crippen molar-refractivity contribution in [2.75, 3.05) is 0 Å². The van der Waals surface area contributed by atoms with Gasteiger partial charge in [-0.1, -0.05) is 0 Å². The Labute approximate surface area is 82.1 Å². The van der Waals surface area contributed by atoms with Crippen molar-refractivity contribution >= 4 is 34.3 Å². The first-order valence-electron chi connectivity index (χ1n) is 1.38. The second-order valence-electron chi connectivity index (χ2n) is 0.876. The molecule has 0 fully saturated rings. The molecule has 0 amide bonds. The van der Waals surface area contributed by atoms with Gasteiger partial charge in [-0.05, 0) is 0 Å². The van der Waals surface area contributed by atoms with Gasteiger partial charge in [-0.2, -0.15) is 8.42 Å². The van der Waals surface area contributed by atoms with Gasteiger partial charge in [0.2, 0.25) is 10.4 Å². The molecule has 0 rings (SSSR count). The molecule has 3 radical (unpaired) electrons. The Bertz CT molecular complexity index is 214. The van der Waals surface area contributed by atoms with Gasteiger partial charge in [-0.15, -0.1) is 0 Å². The Kier molecular flexibility index (Phi) is 22.7. The summed E-state index contributed by atoms with van der Waals surface area (Å²) in [4.78, 5) is 0. The first-order chi connectivity index (χ1) is 4.00. The molecule has 0 saturated heterocycles. The van der Waals surface area contributed by atoms with Crippen molar-refractivity contribution in [1.82, 2.24) is 12.3 Å². The van der Waals surface area contributed by atoms with Crippen LogP contribution in [0.3, 0.4) is 0 Å². The normalized spacial score (nSPS) is 8.92. The Morgan fingerprint density at radius 1 is 0.846 bits per heavy atom. The number of rotatable bonds is 0. The minimum absolute atomic E-state index is 0. The van der Waals surface area contributed by atoms with Crippen molar-refractivity contribution in [3.63, 3.8) is 0 Å². The largest absolute Gasteiger partial charge is 1.00 e. The monoisotopic (exact) mass is 261 g/mol. The molecule has 0 saturated carbocycles. The zero-order valence-electron chi connectivity index (χ0n) is 6.02. The van der Waals surface area contributed by atoms with Gasteiger partial charge >= 0.3 is 23.9 Å². The first-order valence-corrected chi connectivity index (χ1v) is 4.14. The minimum atomic E-state index is -4.92. The molecule has 0 heterocycles. The van der Waals surface area contributed by atoms with E-state index >= 15 is 0 Å². The molecule has 9 N–H and O–H groups in total. The molecule has 0 atom stereocenters. The molecule has 0 bridgehead atoms. The molecule has 0 spiro atoms. The zero-order chi connectivity index (χ0) is 9.00. The molecule has 0 unspecified atom stereocenters. The SMILES string of the molecule is N.N.O=S(=O)(O)O.O=S(=O)([O-])O.[S+]. The van der Waals surface area contributed by atoms with Gasteiger partial charge in [0.05, 0.1) is 0 Å². The number of hydrogen-bond donors (Lipinski definition) is 5. The van der Waals surface area contributed by atoms with E-state index in [1.54, 1.807) is 0 Å². The summed E-state index contributed by atoms with van der Waals surface area (Å²) in [6.07, 6.45) is 0. The van der Waals surface area contributed by atoms with Crippen molar-refractivity contribution in [3.8, 4) is 0 Å². The highest BCUT2D eigenvalue weighted by Gasteiger charge is 1.84. The quantitative estimate of drug-likeness (QED) is 0.196. The molecule has 13 heteroatoms. The fourth-order valence-corrected chi connectivity index (χ4v) is 0. The van der Waals surface area contributed by atoms with Gasteiger partial charge in [0.25, 0.3) is 0 Å². The van der Waals surface area contributed by atoms with E-state index in [2.05, 4.69) is 0 Å². The van der Waals surface area contributed by atoms with Crippen molar-refractivity contribution in [2.24, 2.45) is 0 Å². The van der Waals surface area contributed by atoms with Crippen LogP contribution in [0.4, 0.5) is 0 Å². The fraction of sp³-hybridized carbons (Fsp3) is 0. The van der Waals surface area contributed by atoms with Crippen molar-refractivity contribution in [2.45, 2.75) is 0 Å². The lowest BCUT2D eigenvalue weighted by atomic mass is 14.0. The third-order valence-electron chi connectivity index (χ3n) is 0. The van der Waals surface area contributed by atoms with Crippen LogP contribution >= 0.6 is 0 Å². The average Bonchev–Trinajstić information content (AvgIpc) is 1.12. The van der Waals surface area contributed by atoms with Gasteiger partial charge in [-0.3, -0.25) is 13.7 Å². The zero-order valence-corrected chi connectivity index (χ0v) is 8.47. The third-order valence-corrected chi connectivity index (χ3v) is 0. The standard InChI is InChI=1S/2H3N.2H2O4S.S/c;;2*1-5(2,3)4;/h2*1H3;2*(H2,1,2,3,4);/q;;;;+1/p-1. The molecule has 10 nitrogen and oxygen atoms in total. The van der Waals surface area contributed by atoms with E-state index in [0.717, 1.165) is 0 Å². The van der Waals surface area contributed by atoms with E-state index in [9.17, 15) is 0 Å². The molecule has 13 heavy (non-hydrogen) atoms. The summed E-state index contributed by atoms with van der Waals surface area (Å²) in [5.41, 5.74) is 0. The van der Waals surface area contributed by atoms with E-state index < -0.39 is 20.8 Å². The fourth-order valence-electron chi connectivity index (χ4n) is 0. The summed E-state index contributed by atoms with van der Waals surface area (Å²) < 4.78 is 64.4. The lowest BCUT2D eigenvalue weighted by Crippen LogP contribution is -1.90. The summed E-state index contributed by atoms with van der Waals surface area (Å²) in [6.45, 7) is 0. The van der Waals surface area contributed by atoms with E-state index in [-0.39, 0.29) is 25.8 Å². The Morgan fingerprint density at radius 3 is 0.846 bits per heavy atom. The highest BCUT2D eigenvalue weighted by atomic mass is 32.3. The number of hydrogen-bond acceptors (Lipinski definition) is 7. The maximum absolute atomic E-state index is 8.74. The second-order valence-corrected chi connectivity index (χ2v) is 2.63. The summed E-state index contributed by atoms with van der Waals surface area (Å²) >= 11 is 0. The van der Waals surface area contributed by atoms with Crippen LogP contribution in [-0.4, -0.2) is 35.0 Å². The van der Waals surface area contributed by atoms with Gasteiger partial charge < -0.3 is 16.9 Å². The van der Waals surface area contributed by atoms with Crippen LogP contribution in [0.25, 0.3) is 0 Å². The predicted molar refractivity (Wildman–Crippen MR) is 43.9 cm³/mol. The van der Waals surface area contributed by atoms with E-state index in [1.165, 1.54) is 0 Å². The van der Waals surface area contributed by atoms with Crippen molar-refractivity contribution in [3.05, 3.63) is 0 Å². The van der Waals surface area contributed by atoms with Crippen LogP contribution in [0.15, 0.2) is 0 Å². The Morgan fingerprint density at radius 2 is 0.846 bits per heavy atom. The molecular formula is H9N2O8S3. The van der Waals surface area contributed by atoms with Gasteiger partial charge in [0.1, 0.15) is 0 Å². The van der Waals surface area contributed by atoms with Crippen LogP contribution in [-0.2, 0) is 34.3 Å². The molecule has 0 aliphatic heterocycles. The Hall–Kier alpha value is 0.01000. The average molecular weight is 261 g/mol. The summed E-state index contributed by atoms with van der Waals surface area (Å²) in [5.74, 6) is 0. The van der Waals surface area contributed by atoms with Gasteiger partial charge in [0, 0.05) is 0 Å². The Balaban J connectivity index is -0.0000000267. The smallest absolute Gasteiger partial charge is 0.726 e. The van der Waals surface area contributed by atoms with Crippen LogP contribution < -0.4 is 12.3 Å². The molecule has 0 aromatic carbocycles. The van der Waals surface area contributed by atoms with Crippen LogP contribution in [0, 0.1) is 0 Å². The van der Waals surface area contributed by atoms with Crippen LogP contribution in [0.1, 0.15) is 0 Å². The highest BCUT2D eigenvalue weighted by molar-refractivity contribution is 7.80. The minimum Gasteiger partial charge on any atom is -0.726 e. The molecule has 0 aliphatic rings. The van der Waals surface area contributed by atoms with E-state index in [0.29, 0.717) is 0 Å². The second kappa shape index (κ2) is 10.1. The van der Waals surface area contributed by atoms with Gasteiger partial charge in [0.15, 0.2) is 0 Å². The lowest BCUT2D eigenvalue weighted by molar-refractivity contribution is 0.366. The molecule has 0 aromatic heterocycles. The summed E-state index contributed by atoms with van der Waals surface area (Å²) in [6, 6.07) is 0. The highest BCUT2D eigenvalue weighted by Crippen LogP contribution is 1.59. The predicted octanol–water partition coefficient (Wildman–Crippen LogP) is -1.33. The molecular weight excluding hydrogens is 252 g/mol. The first kappa shape index (κ1) is 29.2. The van der Waals surface area contributed by atoms with Crippen LogP contribution in [0.2, 0.25) is 0 Å². The molecule has 0 aliphatic carbocycles. The maximum Gasteiger partial charge on any atom is 1.00 e.